The van der Waals surface area contributed by atoms with Crippen molar-refractivity contribution in [3.05, 3.63) is 0 Å². The molecule has 1 N–H and O–H groups in total. The summed E-state index contributed by atoms with van der Waals surface area (Å²) in [5.41, 5.74) is 0. The van der Waals surface area contributed by atoms with Crippen molar-refractivity contribution < 1.29 is 4.74 Å². The molecule has 1 aliphatic carbocycles. The minimum atomic E-state index is 0.527. The summed E-state index contributed by atoms with van der Waals surface area (Å²) in [7, 11) is 2.03. The van der Waals surface area contributed by atoms with E-state index >= 15 is 0 Å². The molecular formula is C12H25NO. The summed E-state index contributed by atoms with van der Waals surface area (Å²) in [4.78, 5) is 0. The van der Waals surface area contributed by atoms with Crippen LogP contribution in [0.1, 0.15) is 39.5 Å². The predicted octanol–water partition coefficient (Wildman–Crippen LogP) is 2.44. The molecule has 0 heterocycles. The van der Waals surface area contributed by atoms with Crippen molar-refractivity contribution in [2.24, 2.45) is 11.8 Å². The number of likely N-dealkylation sites (N-methyl/N-ethyl adjacent to an activating group) is 1. The molecule has 1 fully saturated rings. The maximum atomic E-state index is 5.70. The Bertz CT molecular complexity index is 145. The van der Waals surface area contributed by atoms with Crippen molar-refractivity contribution in [3.63, 3.8) is 0 Å². The molecule has 0 amide bonds. The minimum absolute atomic E-state index is 0.527. The monoisotopic (exact) mass is 199 g/mol. The number of ether oxygens (including phenoxy) is 1. The Kier molecular flexibility index (Phi) is 5.49. The summed E-state index contributed by atoms with van der Waals surface area (Å²) in [5.74, 6) is 1.70. The van der Waals surface area contributed by atoms with Crippen molar-refractivity contribution in [1.29, 1.82) is 0 Å². The zero-order chi connectivity index (χ0) is 10.4. The number of rotatable bonds is 8. The average molecular weight is 199 g/mol. The van der Waals surface area contributed by atoms with E-state index in [1.807, 2.05) is 7.05 Å². The molecule has 1 aliphatic rings. The van der Waals surface area contributed by atoms with Crippen molar-refractivity contribution >= 4 is 0 Å². The third-order valence-corrected chi connectivity index (χ3v) is 3.37. The van der Waals surface area contributed by atoms with Crippen LogP contribution in [0.25, 0.3) is 0 Å². The first kappa shape index (κ1) is 12.0. The Morgan fingerprint density at radius 1 is 1.43 bits per heavy atom. The van der Waals surface area contributed by atoms with Gasteiger partial charge in [0.25, 0.3) is 0 Å². The zero-order valence-electron chi connectivity index (χ0n) is 9.88. The summed E-state index contributed by atoms with van der Waals surface area (Å²) >= 11 is 0. The first-order valence-electron chi connectivity index (χ1n) is 6.03. The Morgan fingerprint density at radius 3 is 2.64 bits per heavy atom. The van der Waals surface area contributed by atoms with E-state index in [0.29, 0.717) is 12.0 Å². The van der Waals surface area contributed by atoms with Crippen LogP contribution in [0.4, 0.5) is 0 Å². The third kappa shape index (κ3) is 4.43. The van der Waals surface area contributed by atoms with Gasteiger partial charge in [0, 0.05) is 12.6 Å². The maximum absolute atomic E-state index is 5.70. The van der Waals surface area contributed by atoms with Crippen molar-refractivity contribution in [2.75, 3.05) is 20.3 Å². The highest BCUT2D eigenvalue weighted by Gasteiger charge is 2.21. The Morgan fingerprint density at radius 2 is 2.14 bits per heavy atom. The van der Waals surface area contributed by atoms with Gasteiger partial charge in [0.2, 0.25) is 0 Å². The van der Waals surface area contributed by atoms with E-state index in [9.17, 15) is 0 Å². The molecule has 2 unspecified atom stereocenters. The first-order chi connectivity index (χ1) is 6.77. The largest absolute Gasteiger partial charge is 0.380 e. The van der Waals surface area contributed by atoms with Crippen LogP contribution < -0.4 is 5.32 Å². The van der Waals surface area contributed by atoms with E-state index in [4.69, 9.17) is 4.74 Å². The van der Waals surface area contributed by atoms with Crippen LogP contribution in [0.2, 0.25) is 0 Å². The second-order valence-electron chi connectivity index (χ2n) is 4.59. The topological polar surface area (TPSA) is 21.3 Å². The van der Waals surface area contributed by atoms with Gasteiger partial charge in [-0.05, 0) is 25.3 Å². The Hall–Kier alpha value is -0.0800. The van der Waals surface area contributed by atoms with E-state index in [0.717, 1.165) is 19.1 Å². The summed E-state index contributed by atoms with van der Waals surface area (Å²) in [6.07, 6.45) is 5.36. The fraction of sp³-hybridized carbons (Fsp3) is 1.00. The Balaban J connectivity index is 2.00. The summed E-state index contributed by atoms with van der Waals surface area (Å²) in [5, 5.41) is 3.33. The molecule has 2 atom stereocenters. The van der Waals surface area contributed by atoms with Crippen molar-refractivity contribution in [2.45, 2.75) is 45.6 Å². The fourth-order valence-electron chi connectivity index (χ4n) is 1.68. The highest BCUT2D eigenvalue weighted by molar-refractivity contribution is 4.73. The van der Waals surface area contributed by atoms with Gasteiger partial charge in [-0.25, -0.2) is 0 Å². The second-order valence-corrected chi connectivity index (χ2v) is 4.59. The molecule has 84 valence electrons. The van der Waals surface area contributed by atoms with E-state index in [2.05, 4.69) is 19.2 Å². The van der Waals surface area contributed by atoms with Crippen LogP contribution in [-0.2, 0) is 4.74 Å². The molecule has 14 heavy (non-hydrogen) atoms. The molecule has 0 saturated heterocycles. The van der Waals surface area contributed by atoms with Crippen LogP contribution in [0.3, 0.4) is 0 Å². The molecule has 0 spiro atoms. The summed E-state index contributed by atoms with van der Waals surface area (Å²) < 4.78 is 5.70. The molecule has 0 bridgehead atoms. The van der Waals surface area contributed by atoms with Crippen molar-refractivity contribution in [1.82, 2.24) is 5.32 Å². The maximum Gasteiger partial charge on any atom is 0.0622 e. The quantitative estimate of drug-likeness (QED) is 0.606. The average Bonchev–Trinajstić information content (AvgIpc) is 3.01. The molecule has 2 heteroatoms. The van der Waals surface area contributed by atoms with E-state index in [-0.39, 0.29) is 0 Å². The van der Waals surface area contributed by atoms with Crippen LogP contribution in [0, 0.1) is 11.8 Å². The lowest BCUT2D eigenvalue weighted by atomic mass is 10.0. The smallest absolute Gasteiger partial charge is 0.0622 e. The van der Waals surface area contributed by atoms with Crippen molar-refractivity contribution in [3.8, 4) is 0 Å². The molecule has 0 radical (unpaired) electrons. The normalized spacial score (nSPS) is 20.8. The minimum Gasteiger partial charge on any atom is -0.380 e. The highest BCUT2D eigenvalue weighted by atomic mass is 16.5. The highest BCUT2D eigenvalue weighted by Crippen LogP contribution is 2.32. The fourth-order valence-corrected chi connectivity index (χ4v) is 1.68. The number of hydrogen-bond donors (Lipinski definition) is 1. The standard InChI is InChI=1S/C12H25NO/c1-4-10(2)12(13-3)9-14-8-7-11-5-6-11/h10-13H,4-9H2,1-3H3. The summed E-state index contributed by atoms with van der Waals surface area (Å²) in [6, 6.07) is 0.527. The van der Waals surface area contributed by atoms with Gasteiger partial charge in [-0.15, -0.1) is 0 Å². The molecule has 1 rings (SSSR count). The van der Waals surface area contributed by atoms with E-state index in [1.54, 1.807) is 0 Å². The van der Waals surface area contributed by atoms with Gasteiger partial charge in [-0.3, -0.25) is 0 Å². The van der Waals surface area contributed by atoms with Gasteiger partial charge in [0.05, 0.1) is 6.61 Å². The molecule has 2 nitrogen and oxygen atoms in total. The van der Waals surface area contributed by atoms with Crippen LogP contribution in [0.15, 0.2) is 0 Å². The molecule has 0 aromatic heterocycles. The van der Waals surface area contributed by atoms with Crippen LogP contribution in [-0.4, -0.2) is 26.3 Å². The number of nitrogens with one attached hydrogen (secondary N) is 1. The lowest BCUT2D eigenvalue weighted by Crippen LogP contribution is -2.36. The van der Waals surface area contributed by atoms with E-state index < -0.39 is 0 Å². The lowest BCUT2D eigenvalue weighted by Gasteiger charge is -2.22. The van der Waals surface area contributed by atoms with Gasteiger partial charge in [-0.1, -0.05) is 33.1 Å². The molecule has 0 aromatic carbocycles. The molecule has 1 saturated carbocycles. The van der Waals surface area contributed by atoms with Gasteiger partial charge < -0.3 is 10.1 Å². The van der Waals surface area contributed by atoms with Gasteiger partial charge in [0.15, 0.2) is 0 Å². The zero-order valence-corrected chi connectivity index (χ0v) is 9.88. The Labute approximate surface area is 88.4 Å². The second kappa shape index (κ2) is 6.41. The van der Waals surface area contributed by atoms with Crippen LogP contribution >= 0.6 is 0 Å². The molecule has 0 aliphatic heterocycles. The van der Waals surface area contributed by atoms with E-state index in [1.165, 1.54) is 25.7 Å². The van der Waals surface area contributed by atoms with Gasteiger partial charge in [-0.2, -0.15) is 0 Å². The molecule has 0 aromatic rings. The lowest BCUT2D eigenvalue weighted by molar-refractivity contribution is 0.0929. The van der Waals surface area contributed by atoms with Gasteiger partial charge >= 0.3 is 0 Å². The van der Waals surface area contributed by atoms with Crippen LogP contribution in [0.5, 0.6) is 0 Å². The first-order valence-corrected chi connectivity index (χ1v) is 6.03. The van der Waals surface area contributed by atoms with Gasteiger partial charge in [0.1, 0.15) is 0 Å². The predicted molar refractivity (Wildman–Crippen MR) is 60.5 cm³/mol. The molecular weight excluding hydrogens is 174 g/mol. The third-order valence-electron chi connectivity index (χ3n) is 3.37. The number of hydrogen-bond acceptors (Lipinski definition) is 2. The summed E-state index contributed by atoms with van der Waals surface area (Å²) in [6.45, 7) is 6.35. The SMILES string of the molecule is CCC(C)C(COCCC1CC1)NC.